The highest BCUT2D eigenvalue weighted by atomic mass is 32.1. The van der Waals surface area contributed by atoms with Crippen LogP contribution < -0.4 is 0 Å². The van der Waals surface area contributed by atoms with E-state index in [0.29, 0.717) is 15.9 Å². The van der Waals surface area contributed by atoms with Gasteiger partial charge in [-0.25, -0.2) is 0 Å². The van der Waals surface area contributed by atoms with Crippen molar-refractivity contribution in [1.82, 2.24) is 9.97 Å². The Hall–Kier alpha value is -1.69. The molecule has 0 aliphatic carbocycles. The van der Waals surface area contributed by atoms with E-state index in [0.717, 1.165) is 12.1 Å². The maximum Gasteiger partial charge on any atom is 0.416 e. The molecule has 6 heteroatoms. The zero-order chi connectivity index (χ0) is 12.5. The van der Waals surface area contributed by atoms with Crippen molar-refractivity contribution in [2.45, 2.75) is 6.18 Å². The van der Waals surface area contributed by atoms with Crippen molar-refractivity contribution in [2.24, 2.45) is 0 Å². The molecule has 0 bridgehead atoms. The zero-order valence-electron chi connectivity index (χ0n) is 8.45. The second-order valence-corrected chi connectivity index (χ2v) is 3.75. The lowest BCUT2D eigenvalue weighted by atomic mass is 10.1. The quantitative estimate of drug-likeness (QED) is 0.786. The molecule has 1 N–H and O–H groups in total. The SMILES string of the molecule is FC(F)(F)c1cccc(-c2ncc[nH]c2=S)c1. The van der Waals surface area contributed by atoms with Gasteiger partial charge in [-0.15, -0.1) is 0 Å². The van der Waals surface area contributed by atoms with Gasteiger partial charge in [0.05, 0.1) is 5.56 Å². The van der Waals surface area contributed by atoms with Crippen molar-refractivity contribution >= 4 is 12.2 Å². The first-order valence-electron chi connectivity index (χ1n) is 4.70. The molecule has 0 saturated carbocycles. The summed E-state index contributed by atoms with van der Waals surface area (Å²) in [5.74, 6) is 0. The Bertz CT molecular complexity index is 590. The molecule has 0 saturated heterocycles. The molecular weight excluding hydrogens is 249 g/mol. The van der Waals surface area contributed by atoms with Crippen LogP contribution in [0.15, 0.2) is 36.7 Å². The first-order chi connectivity index (χ1) is 7.98. The number of nitrogens with zero attached hydrogens (tertiary/aromatic N) is 1. The predicted molar refractivity (Wildman–Crippen MR) is 59.9 cm³/mol. The summed E-state index contributed by atoms with van der Waals surface area (Å²) in [6, 6.07) is 4.92. The van der Waals surface area contributed by atoms with E-state index in [1.165, 1.54) is 18.5 Å². The molecule has 0 radical (unpaired) electrons. The second-order valence-electron chi connectivity index (χ2n) is 3.35. The summed E-state index contributed by atoms with van der Waals surface area (Å²) >= 11 is 4.97. The average Bonchev–Trinajstić information content (AvgIpc) is 2.29. The smallest absolute Gasteiger partial charge is 0.350 e. The van der Waals surface area contributed by atoms with Gasteiger partial charge in [0.15, 0.2) is 0 Å². The minimum Gasteiger partial charge on any atom is -0.350 e. The summed E-state index contributed by atoms with van der Waals surface area (Å²) in [6.45, 7) is 0. The molecule has 0 unspecified atom stereocenters. The number of nitrogens with one attached hydrogen (secondary N) is 1. The number of hydrogen-bond donors (Lipinski definition) is 1. The van der Waals surface area contributed by atoms with Gasteiger partial charge in [0.2, 0.25) is 0 Å². The zero-order valence-corrected chi connectivity index (χ0v) is 9.27. The van der Waals surface area contributed by atoms with Gasteiger partial charge in [-0.05, 0) is 12.1 Å². The van der Waals surface area contributed by atoms with Gasteiger partial charge < -0.3 is 4.98 Å². The number of halogens is 3. The van der Waals surface area contributed by atoms with Gasteiger partial charge >= 0.3 is 6.18 Å². The third-order valence-corrected chi connectivity index (χ3v) is 2.48. The van der Waals surface area contributed by atoms with Crippen molar-refractivity contribution in [1.29, 1.82) is 0 Å². The summed E-state index contributed by atoms with van der Waals surface area (Å²) in [4.78, 5) is 6.70. The monoisotopic (exact) mass is 256 g/mol. The number of hydrogen-bond acceptors (Lipinski definition) is 2. The first-order valence-corrected chi connectivity index (χ1v) is 5.10. The molecule has 1 aromatic heterocycles. The highest BCUT2D eigenvalue weighted by Gasteiger charge is 2.30. The van der Waals surface area contributed by atoms with Crippen molar-refractivity contribution < 1.29 is 13.2 Å². The largest absolute Gasteiger partial charge is 0.416 e. The summed E-state index contributed by atoms with van der Waals surface area (Å²) < 4.78 is 37.9. The minimum absolute atomic E-state index is 0.312. The van der Waals surface area contributed by atoms with Crippen molar-refractivity contribution in [3.8, 4) is 11.3 Å². The molecule has 0 spiro atoms. The Morgan fingerprint density at radius 2 is 2.00 bits per heavy atom. The number of alkyl halides is 3. The maximum absolute atomic E-state index is 12.5. The van der Waals surface area contributed by atoms with Crippen LogP contribution in [-0.2, 0) is 6.18 Å². The van der Waals surface area contributed by atoms with E-state index in [4.69, 9.17) is 12.2 Å². The summed E-state index contributed by atoms with van der Waals surface area (Å²) in [6.07, 6.45) is -1.39. The predicted octanol–water partition coefficient (Wildman–Crippen LogP) is 3.82. The van der Waals surface area contributed by atoms with E-state index < -0.39 is 11.7 Å². The fourth-order valence-electron chi connectivity index (χ4n) is 1.40. The van der Waals surface area contributed by atoms with Gasteiger partial charge in [0, 0.05) is 18.0 Å². The van der Waals surface area contributed by atoms with E-state index in [1.807, 2.05) is 0 Å². The van der Waals surface area contributed by atoms with Crippen LogP contribution in [0, 0.1) is 4.64 Å². The van der Waals surface area contributed by atoms with Crippen molar-refractivity contribution in [2.75, 3.05) is 0 Å². The van der Waals surface area contributed by atoms with E-state index in [1.54, 1.807) is 6.07 Å². The van der Waals surface area contributed by atoms with Crippen LogP contribution in [0.2, 0.25) is 0 Å². The van der Waals surface area contributed by atoms with Crippen molar-refractivity contribution in [3.05, 3.63) is 46.9 Å². The van der Waals surface area contributed by atoms with E-state index in [-0.39, 0.29) is 0 Å². The molecule has 1 heterocycles. The van der Waals surface area contributed by atoms with E-state index in [2.05, 4.69) is 9.97 Å². The highest BCUT2D eigenvalue weighted by Crippen LogP contribution is 2.31. The van der Waals surface area contributed by atoms with Crippen LogP contribution in [0.4, 0.5) is 13.2 Å². The molecule has 0 atom stereocenters. The average molecular weight is 256 g/mol. The van der Waals surface area contributed by atoms with E-state index >= 15 is 0 Å². The molecule has 2 nitrogen and oxygen atoms in total. The topological polar surface area (TPSA) is 28.7 Å². The molecule has 1 aromatic carbocycles. The Balaban J connectivity index is 2.55. The fourth-order valence-corrected chi connectivity index (χ4v) is 1.64. The lowest BCUT2D eigenvalue weighted by molar-refractivity contribution is -0.137. The van der Waals surface area contributed by atoms with Crippen LogP contribution in [0.5, 0.6) is 0 Å². The maximum atomic E-state index is 12.5. The molecule has 0 fully saturated rings. The Morgan fingerprint density at radius 1 is 1.24 bits per heavy atom. The van der Waals surface area contributed by atoms with Gasteiger partial charge in [0.25, 0.3) is 0 Å². The second kappa shape index (κ2) is 4.29. The van der Waals surface area contributed by atoms with Crippen LogP contribution in [0.25, 0.3) is 11.3 Å². The minimum atomic E-state index is -4.36. The standard InChI is InChI=1S/C11H7F3N2S/c12-11(13,14)8-3-1-2-7(6-8)9-10(17)16-5-4-15-9/h1-6H,(H,16,17). The Morgan fingerprint density at radius 3 is 2.65 bits per heavy atom. The molecule has 0 amide bonds. The third-order valence-electron chi connectivity index (χ3n) is 2.17. The molecule has 88 valence electrons. The van der Waals surface area contributed by atoms with Gasteiger partial charge in [-0.2, -0.15) is 13.2 Å². The molecule has 2 aromatic rings. The number of rotatable bonds is 1. The number of aromatic amines is 1. The normalized spacial score (nSPS) is 11.5. The Kier molecular flexibility index (Phi) is 2.97. The fraction of sp³-hybridized carbons (Fsp3) is 0.0909. The number of benzene rings is 1. The first kappa shape index (κ1) is 11.8. The third kappa shape index (κ3) is 2.52. The summed E-state index contributed by atoms with van der Waals surface area (Å²) in [5.41, 5.74) is -0.0228. The summed E-state index contributed by atoms with van der Waals surface area (Å²) in [7, 11) is 0. The molecule has 0 aliphatic rings. The van der Waals surface area contributed by atoms with Crippen molar-refractivity contribution in [3.63, 3.8) is 0 Å². The molecule has 17 heavy (non-hydrogen) atoms. The molecule has 0 aliphatic heterocycles. The van der Waals surface area contributed by atoms with Crippen LogP contribution in [-0.4, -0.2) is 9.97 Å². The van der Waals surface area contributed by atoms with Gasteiger partial charge in [-0.3, -0.25) is 4.98 Å². The van der Waals surface area contributed by atoms with E-state index in [9.17, 15) is 13.2 Å². The van der Waals surface area contributed by atoms with Gasteiger partial charge in [0.1, 0.15) is 10.3 Å². The van der Waals surface area contributed by atoms with Gasteiger partial charge in [-0.1, -0.05) is 24.4 Å². The lowest BCUT2D eigenvalue weighted by Crippen LogP contribution is -2.04. The molecular formula is C11H7F3N2S. The Labute approximate surface area is 100 Å². The lowest BCUT2D eigenvalue weighted by Gasteiger charge is -2.08. The van der Waals surface area contributed by atoms with Crippen LogP contribution in [0.1, 0.15) is 5.56 Å². The summed E-state index contributed by atoms with van der Waals surface area (Å²) in [5, 5.41) is 0. The highest BCUT2D eigenvalue weighted by molar-refractivity contribution is 7.71. The molecule has 2 rings (SSSR count). The number of aromatic nitrogens is 2. The van der Waals surface area contributed by atoms with Crippen LogP contribution >= 0.6 is 12.2 Å². The number of H-pyrrole nitrogens is 1. The van der Waals surface area contributed by atoms with Crippen LogP contribution in [0.3, 0.4) is 0 Å².